The molecule has 2 heterocycles. The predicted molar refractivity (Wildman–Crippen MR) is 162 cm³/mol. The highest BCUT2D eigenvalue weighted by Crippen LogP contribution is 2.31. The van der Waals surface area contributed by atoms with Crippen LogP contribution in [0.4, 0.5) is 9.52 Å². The number of aliphatic carboxylic acids is 1. The van der Waals surface area contributed by atoms with Gasteiger partial charge in [-0.25, -0.2) is 9.37 Å². The highest BCUT2D eigenvalue weighted by molar-refractivity contribution is 7.22. The molecule has 1 saturated heterocycles. The van der Waals surface area contributed by atoms with Gasteiger partial charge in [-0.1, -0.05) is 62.0 Å². The molecule has 4 rings (SSSR count). The first-order chi connectivity index (χ1) is 19.5. The van der Waals surface area contributed by atoms with Crippen molar-refractivity contribution >= 4 is 32.7 Å². The van der Waals surface area contributed by atoms with Gasteiger partial charge in [0.2, 0.25) is 0 Å². The summed E-state index contributed by atoms with van der Waals surface area (Å²) in [6, 6.07) is 15.2. The summed E-state index contributed by atoms with van der Waals surface area (Å²) in [6.45, 7) is 3.81. The Labute approximate surface area is 242 Å². The van der Waals surface area contributed by atoms with E-state index in [9.17, 15) is 9.18 Å². The minimum Gasteiger partial charge on any atom is -0.493 e. The molecular formula is C32H44FN3O3S. The van der Waals surface area contributed by atoms with E-state index in [1.54, 1.807) is 23.5 Å². The van der Waals surface area contributed by atoms with E-state index >= 15 is 0 Å². The van der Waals surface area contributed by atoms with Crippen LogP contribution in [0.3, 0.4) is 0 Å². The summed E-state index contributed by atoms with van der Waals surface area (Å²) >= 11 is 1.77. The average Bonchev–Trinajstić information content (AvgIpc) is 3.40. The number of thiazole rings is 1. The number of hydrogen-bond acceptors (Lipinski definition) is 6. The van der Waals surface area contributed by atoms with Gasteiger partial charge in [0.15, 0.2) is 5.13 Å². The van der Waals surface area contributed by atoms with E-state index in [0.29, 0.717) is 18.6 Å². The fraction of sp³-hybridized carbons (Fsp3) is 0.562. The van der Waals surface area contributed by atoms with Crippen molar-refractivity contribution in [2.24, 2.45) is 5.92 Å². The van der Waals surface area contributed by atoms with E-state index in [2.05, 4.69) is 35.0 Å². The third-order valence-corrected chi connectivity index (χ3v) is 9.13. The molecule has 1 atom stereocenters. The number of hydrogen-bond donors (Lipinski definition) is 1. The molecule has 1 aromatic heterocycles. The van der Waals surface area contributed by atoms with Gasteiger partial charge < -0.3 is 19.6 Å². The summed E-state index contributed by atoms with van der Waals surface area (Å²) in [4.78, 5) is 20.5. The van der Waals surface area contributed by atoms with E-state index in [1.165, 1.54) is 42.5 Å². The van der Waals surface area contributed by atoms with Crippen LogP contribution in [-0.4, -0.2) is 60.3 Å². The van der Waals surface area contributed by atoms with Crippen molar-refractivity contribution in [2.75, 3.05) is 38.2 Å². The molecule has 0 aliphatic carbocycles. The normalized spacial score (nSPS) is 15.3. The Kier molecular flexibility index (Phi) is 12.0. The lowest BCUT2D eigenvalue weighted by atomic mass is 9.97. The lowest BCUT2D eigenvalue weighted by molar-refractivity contribution is -0.137. The summed E-state index contributed by atoms with van der Waals surface area (Å²) in [5, 5.41) is 9.86. The molecule has 6 nitrogen and oxygen atoms in total. The summed E-state index contributed by atoms with van der Waals surface area (Å²) in [7, 11) is 2.18. The van der Waals surface area contributed by atoms with Gasteiger partial charge in [0, 0.05) is 45.1 Å². The molecule has 0 spiro atoms. The average molecular weight is 570 g/mol. The standard InChI is InChI=1S/C32H44FN3O3S/c1-35(32-34-29-12-9-10-13-30(29)40-32)27-19-21-36(22-20-27)23-25(24-39-28-17-15-26(33)16-18-28)11-7-5-3-2-4-6-8-14-31(37)38/h9-10,12-13,15-18,25,27H,2-8,11,14,19-24H2,1H3,(H,37,38). The van der Waals surface area contributed by atoms with E-state index in [-0.39, 0.29) is 12.2 Å². The Balaban J connectivity index is 1.21. The van der Waals surface area contributed by atoms with Crippen LogP contribution in [-0.2, 0) is 4.79 Å². The predicted octanol–water partition coefficient (Wildman–Crippen LogP) is 7.63. The van der Waals surface area contributed by atoms with E-state index in [1.807, 2.05) is 6.07 Å². The Hall–Kier alpha value is -2.71. The van der Waals surface area contributed by atoms with Crippen LogP contribution in [0.25, 0.3) is 10.2 Å². The third-order valence-electron chi connectivity index (χ3n) is 8.01. The molecule has 40 heavy (non-hydrogen) atoms. The van der Waals surface area contributed by atoms with Crippen molar-refractivity contribution in [3.63, 3.8) is 0 Å². The van der Waals surface area contributed by atoms with Gasteiger partial charge >= 0.3 is 5.97 Å². The molecule has 1 unspecified atom stereocenters. The van der Waals surface area contributed by atoms with E-state index < -0.39 is 5.97 Å². The molecule has 3 aromatic rings. The Morgan fingerprint density at radius 3 is 2.42 bits per heavy atom. The number of unbranched alkanes of at least 4 members (excludes halogenated alkanes) is 6. The third kappa shape index (κ3) is 9.73. The zero-order valence-corrected chi connectivity index (χ0v) is 24.6. The Bertz CT molecular complexity index is 1130. The van der Waals surface area contributed by atoms with Gasteiger partial charge in [-0.05, 0) is 62.1 Å². The fourth-order valence-electron chi connectivity index (χ4n) is 5.59. The number of anilines is 1. The summed E-state index contributed by atoms with van der Waals surface area (Å²) in [5.41, 5.74) is 1.08. The van der Waals surface area contributed by atoms with Gasteiger partial charge in [-0.2, -0.15) is 0 Å². The van der Waals surface area contributed by atoms with Crippen LogP contribution in [0.2, 0.25) is 0 Å². The summed E-state index contributed by atoms with van der Waals surface area (Å²) in [5.74, 6) is 0.215. The van der Waals surface area contributed by atoms with Crippen LogP contribution in [0.5, 0.6) is 5.75 Å². The molecule has 2 aromatic carbocycles. The number of likely N-dealkylation sites (tertiary alicyclic amines) is 1. The number of carboxylic acid groups (broad SMARTS) is 1. The molecule has 8 heteroatoms. The number of benzene rings is 2. The number of ether oxygens (including phenoxy) is 1. The van der Waals surface area contributed by atoms with E-state index in [4.69, 9.17) is 14.8 Å². The number of piperidine rings is 1. The minimum absolute atomic E-state index is 0.245. The Morgan fingerprint density at radius 2 is 1.73 bits per heavy atom. The molecule has 1 fully saturated rings. The van der Waals surface area contributed by atoms with Crippen LogP contribution in [0.1, 0.15) is 70.6 Å². The molecule has 1 aliphatic rings. The smallest absolute Gasteiger partial charge is 0.303 e. The number of carbonyl (C=O) groups is 1. The van der Waals surface area contributed by atoms with Crippen molar-refractivity contribution < 1.29 is 19.0 Å². The van der Waals surface area contributed by atoms with Gasteiger partial charge in [-0.3, -0.25) is 4.79 Å². The number of fused-ring (bicyclic) bond motifs is 1. The first kappa shape index (κ1) is 30.3. The fourth-order valence-corrected chi connectivity index (χ4v) is 6.59. The van der Waals surface area contributed by atoms with Gasteiger partial charge in [0.25, 0.3) is 0 Å². The van der Waals surface area contributed by atoms with Crippen molar-refractivity contribution in [1.29, 1.82) is 0 Å². The van der Waals surface area contributed by atoms with Crippen LogP contribution >= 0.6 is 11.3 Å². The maximum atomic E-state index is 13.3. The van der Waals surface area contributed by atoms with E-state index in [0.717, 1.165) is 74.6 Å². The molecular weight excluding hydrogens is 525 g/mol. The van der Waals surface area contributed by atoms with Gasteiger partial charge in [-0.15, -0.1) is 0 Å². The zero-order chi connectivity index (χ0) is 28.2. The molecule has 0 saturated carbocycles. The quantitative estimate of drug-likeness (QED) is 0.169. The monoisotopic (exact) mass is 569 g/mol. The molecule has 0 radical (unpaired) electrons. The number of aromatic nitrogens is 1. The maximum Gasteiger partial charge on any atom is 0.303 e. The lowest BCUT2D eigenvalue weighted by Gasteiger charge is -2.38. The van der Waals surface area contributed by atoms with Crippen LogP contribution in [0, 0.1) is 11.7 Å². The number of para-hydroxylation sites is 1. The minimum atomic E-state index is -0.696. The van der Waals surface area contributed by atoms with Crippen molar-refractivity contribution in [3.8, 4) is 5.75 Å². The highest BCUT2D eigenvalue weighted by atomic mass is 32.1. The first-order valence-electron chi connectivity index (χ1n) is 14.9. The number of halogens is 1. The second kappa shape index (κ2) is 15.9. The number of nitrogens with zero attached hydrogens (tertiary/aromatic N) is 3. The maximum absolute atomic E-state index is 13.3. The highest BCUT2D eigenvalue weighted by Gasteiger charge is 2.26. The first-order valence-corrected chi connectivity index (χ1v) is 15.7. The van der Waals surface area contributed by atoms with Crippen molar-refractivity contribution in [3.05, 3.63) is 54.3 Å². The van der Waals surface area contributed by atoms with Gasteiger partial charge in [0.1, 0.15) is 11.6 Å². The van der Waals surface area contributed by atoms with Crippen LogP contribution < -0.4 is 9.64 Å². The summed E-state index contributed by atoms with van der Waals surface area (Å²) in [6.07, 6.45) is 11.3. The Morgan fingerprint density at radius 1 is 1.05 bits per heavy atom. The zero-order valence-electron chi connectivity index (χ0n) is 23.8. The largest absolute Gasteiger partial charge is 0.493 e. The van der Waals surface area contributed by atoms with Crippen LogP contribution in [0.15, 0.2) is 48.5 Å². The summed E-state index contributed by atoms with van der Waals surface area (Å²) < 4.78 is 20.7. The number of rotatable bonds is 17. The van der Waals surface area contributed by atoms with Crippen molar-refractivity contribution in [1.82, 2.24) is 9.88 Å². The molecule has 0 amide bonds. The topological polar surface area (TPSA) is 65.9 Å². The second-order valence-electron chi connectivity index (χ2n) is 11.1. The molecule has 0 bridgehead atoms. The molecule has 1 aliphatic heterocycles. The SMILES string of the molecule is CN(c1nc2ccccc2s1)C1CCN(CC(CCCCCCCCCC(=O)O)COc2ccc(F)cc2)CC1. The van der Waals surface area contributed by atoms with Crippen molar-refractivity contribution in [2.45, 2.75) is 76.7 Å². The lowest BCUT2D eigenvalue weighted by Crippen LogP contribution is -2.45. The molecule has 218 valence electrons. The molecule has 1 N–H and O–H groups in total. The number of carboxylic acids is 1. The second-order valence-corrected chi connectivity index (χ2v) is 12.2. The van der Waals surface area contributed by atoms with Gasteiger partial charge in [0.05, 0.1) is 16.8 Å².